The Balaban J connectivity index is 0.00000208. The van der Waals surface area contributed by atoms with E-state index in [9.17, 15) is 0 Å². The van der Waals surface area contributed by atoms with Gasteiger partial charge in [0.1, 0.15) is 0 Å². The van der Waals surface area contributed by atoms with Gasteiger partial charge in [0.15, 0.2) is 0 Å². The first kappa shape index (κ1) is 18.5. The SMILES string of the molecule is Cl.ClC1=C(C=Nc2ccccc2)CCC/C1=C\Cc1ccccc1. The van der Waals surface area contributed by atoms with E-state index in [1.54, 1.807) is 0 Å². The minimum Gasteiger partial charge on any atom is -0.257 e. The third-order valence-corrected chi connectivity index (χ3v) is 4.49. The molecule has 2 aromatic carbocycles. The average molecular weight is 358 g/mol. The molecule has 24 heavy (non-hydrogen) atoms. The summed E-state index contributed by atoms with van der Waals surface area (Å²) in [6, 6.07) is 20.5. The second kappa shape index (κ2) is 9.46. The van der Waals surface area contributed by atoms with Crippen LogP contribution in [0.15, 0.2) is 87.9 Å². The normalized spacial score (nSPS) is 16.5. The Bertz CT molecular complexity index is 731. The summed E-state index contributed by atoms with van der Waals surface area (Å²) in [7, 11) is 0. The molecule has 0 N–H and O–H groups in total. The molecule has 1 nitrogen and oxygen atoms in total. The summed E-state index contributed by atoms with van der Waals surface area (Å²) in [6.07, 6.45) is 8.29. The van der Waals surface area contributed by atoms with Crippen LogP contribution in [0.5, 0.6) is 0 Å². The number of hydrogen-bond donors (Lipinski definition) is 0. The Morgan fingerprint density at radius 1 is 0.917 bits per heavy atom. The van der Waals surface area contributed by atoms with Gasteiger partial charge in [0.2, 0.25) is 0 Å². The van der Waals surface area contributed by atoms with E-state index in [0.717, 1.165) is 42.0 Å². The average Bonchev–Trinajstić information content (AvgIpc) is 2.61. The maximum Gasteiger partial charge on any atom is 0.0629 e. The van der Waals surface area contributed by atoms with Gasteiger partial charge in [-0.3, -0.25) is 4.99 Å². The van der Waals surface area contributed by atoms with Crippen LogP contribution in [0.2, 0.25) is 0 Å². The summed E-state index contributed by atoms with van der Waals surface area (Å²) < 4.78 is 0. The quantitative estimate of drug-likeness (QED) is 0.542. The monoisotopic (exact) mass is 357 g/mol. The van der Waals surface area contributed by atoms with Crippen LogP contribution in [0.3, 0.4) is 0 Å². The lowest BCUT2D eigenvalue weighted by molar-refractivity contribution is 0.797. The molecule has 0 atom stereocenters. The molecule has 0 bridgehead atoms. The summed E-state index contributed by atoms with van der Waals surface area (Å²) in [5.41, 5.74) is 4.66. The second-order valence-corrected chi connectivity index (χ2v) is 6.08. The number of hydrogen-bond acceptors (Lipinski definition) is 1. The predicted molar refractivity (Wildman–Crippen MR) is 107 cm³/mol. The molecule has 3 heteroatoms. The molecule has 1 aliphatic rings. The fraction of sp³-hybridized carbons (Fsp3) is 0.190. The van der Waals surface area contributed by atoms with Crippen molar-refractivity contribution in [3.8, 4) is 0 Å². The van der Waals surface area contributed by atoms with Crippen LogP contribution in [0.25, 0.3) is 0 Å². The van der Waals surface area contributed by atoms with Crippen molar-refractivity contribution in [1.29, 1.82) is 0 Å². The van der Waals surface area contributed by atoms with Crippen LogP contribution in [0.4, 0.5) is 5.69 Å². The van der Waals surface area contributed by atoms with Gasteiger partial charge in [-0.1, -0.05) is 66.2 Å². The zero-order valence-electron chi connectivity index (χ0n) is 13.5. The molecule has 0 aliphatic heterocycles. The fourth-order valence-electron chi connectivity index (χ4n) is 2.73. The molecule has 0 spiro atoms. The van der Waals surface area contributed by atoms with E-state index in [1.165, 1.54) is 11.1 Å². The number of aliphatic imine (C=N–C) groups is 1. The van der Waals surface area contributed by atoms with Crippen LogP contribution in [0, 0.1) is 0 Å². The van der Waals surface area contributed by atoms with Crippen molar-refractivity contribution in [3.63, 3.8) is 0 Å². The lowest BCUT2D eigenvalue weighted by atomic mass is 9.94. The molecule has 0 fully saturated rings. The summed E-state index contributed by atoms with van der Waals surface area (Å²) in [5.74, 6) is 0. The molecule has 1 aliphatic carbocycles. The Kier molecular flexibility index (Phi) is 7.30. The van der Waals surface area contributed by atoms with Crippen molar-refractivity contribution < 1.29 is 0 Å². The second-order valence-electron chi connectivity index (χ2n) is 5.71. The molecule has 0 heterocycles. The van der Waals surface area contributed by atoms with Crippen molar-refractivity contribution in [2.75, 3.05) is 0 Å². The predicted octanol–water partition coefficient (Wildman–Crippen LogP) is 6.66. The number of halogens is 2. The van der Waals surface area contributed by atoms with Crippen LogP contribution >= 0.6 is 24.0 Å². The Morgan fingerprint density at radius 3 is 2.29 bits per heavy atom. The van der Waals surface area contributed by atoms with Gasteiger partial charge < -0.3 is 0 Å². The van der Waals surface area contributed by atoms with Gasteiger partial charge >= 0.3 is 0 Å². The Hall–Kier alpha value is -1.83. The third kappa shape index (κ3) is 5.09. The number of nitrogens with zero attached hydrogens (tertiary/aromatic N) is 1. The molecular formula is C21H21Cl2N. The van der Waals surface area contributed by atoms with E-state index < -0.39 is 0 Å². The first-order chi connectivity index (χ1) is 11.3. The van der Waals surface area contributed by atoms with Gasteiger partial charge in [-0.05, 0) is 54.5 Å². The van der Waals surface area contributed by atoms with Crippen LogP contribution < -0.4 is 0 Å². The highest BCUT2D eigenvalue weighted by atomic mass is 35.5. The van der Waals surface area contributed by atoms with Crippen molar-refractivity contribution in [1.82, 2.24) is 0 Å². The van der Waals surface area contributed by atoms with Crippen molar-refractivity contribution in [2.24, 2.45) is 4.99 Å². The topological polar surface area (TPSA) is 12.4 Å². The summed E-state index contributed by atoms with van der Waals surface area (Å²) >= 11 is 6.60. The minimum atomic E-state index is 0. The Labute approximate surface area is 155 Å². The first-order valence-corrected chi connectivity index (χ1v) is 8.42. The molecule has 0 saturated heterocycles. The molecule has 124 valence electrons. The van der Waals surface area contributed by atoms with E-state index in [4.69, 9.17) is 11.6 Å². The number of para-hydroxylation sites is 1. The van der Waals surface area contributed by atoms with Gasteiger partial charge in [-0.15, -0.1) is 12.4 Å². The largest absolute Gasteiger partial charge is 0.257 e. The van der Waals surface area contributed by atoms with Gasteiger partial charge in [0.05, 0.1) is 5.69 Å². The molecule has 0 aromatic heterocycles. The number of benzene rings is 2. The molecule has 0 amide bonds. The standard InChI is InChI=1S/C21H20ClN.ClH/c22-21-18(15-14-17-8-3-1-4-9-17)10-7-11-19(21)16-23-20-12-5-2-6-13-20;/h1-6,8-9,12-13,15-16H,7,10-11,14H2;1H/b18-15+,23-16?;. The summed E-state index contributed by atoms with van der Waals surface area (Å²) in [5, 5.41) is 0.881. The van der Waals surface area contributed by atoms with Crippen LogP contribution in [-0.2, 0) is 6.42 Å². The van der Waals surface area contributed by atoms with Gasteiger partial charge in [-0.2, -0.15) is 0 Å². The van der Waals surface area contributed by atoms with Crippen molar-refractivity contribution in [3.05, 3.63) is 88.5 Å². The van der Waals surface area contributed by atoms with Gasteiger partial charge in [-0.25, -0.2) is 0 Å². The van der Waals surface area contributed by atoms with Gasteiger partial charge in [0, 0.05) is 11.2 Å². The minimum absolute atomic E-state index is 0. The lowest BCUT2D eigenvalue weighted by Gasteiger charge is -2.16. The maximum absolute atomic E-state index is 6.60. The van der Waals surface area contributed by atoms with Gasteiger partial charge in [0.25, 0.3) is 0 Å². The molecule has 0 unspecified atom stereocenters. The maximum atomic E-state index is 6.60. The van der Waals surface area contributed by atoms with Crippen molar-refractivity contribution >= 4 is 35.9 Å². The highest BCUT2D eigenvalue weighted by Crippen LogP contribution is 2.32. The molecule has 3 rings (SSSR count). The fourth-order valence-corrected chi connectivity index (χ4v) is 3.04. The lowest BCUT2D eigenvalue weighted by Crippen LogP contribution is -2.01. The summed E-state index contributed by atoms with van der Waals surface area (Å²) in [4.78, 5) is 4.54. The molecule has 0 saturated carbocycles. The number of rotatable bonds is 4. The molecular weight excluding hydrogens is 337 g/mol. The smallest absolute Gasteiger partial charge is 0.0629 e. The third-order valence-electron chi connectivity index (χ3n) is 4.01. The van der Waals surface area contributed by atoms with E-state index in [-0.39, 0.29) is 12.4 Å². The zero-order chi connectivity index (χ0) is 15.9. The van der Waals surface area contributed by atoms with E-state index in [0.29, 0.717) is 0 Å². The van der Waals surface area contributed by atoms with Crippen LogP contribution in [-0.4, -0.2) is 6.21 Å². The highest BCUT2D eigenvalue weighted by molar-refractivity contribution is 6.33. The molecule has 0 radical (unpaired) electrons. The zero-order valence-corrected chi connectivity index (χ0v) is 15.1. The first-order valence-electron chi connectivity index (χ1n) is 8.04. The van der Waals surface area contributed by atoms with Crippen LogP contribution in [0.1, 0.15) is 24.8 Å². The van der Waals surface area contributed by atoms with E-state index >= 15 is 0 Å². The highest BCUT2D eigenvalue weighted by Gasteiger charge is 2.14. The molecule has 2 aromatic rings. The van der Waals surface area contributed by atoms with Crippen molar-refractivity contribution in [2.45, 2.75) is 25.7 Å². The Morgan fingerprint density at radius 2 is 1.58 bits per heavy atom. The van der Waals surface area contributed by atoms with E-state index in [1.807, 2.05) is 42.6 Å². The number of allylic oxidation sites excluding steroid dienone is 4. The van der Waals surface area contributed by atoms with E-state index in [2.05, 4.69) is 35.3 Å². The summed E-state index contributed by atoms with van der Waals surface area (Å²) in [6.45, 7) is 0.